The molecule has 3 heterocycles. The molecule has 0 spiro atoms. The van der Waals surface area contributed by atoms with Crippen LogP contribution in [-0.2, 0) is 0 Å². The zero-order valence-corrected chi connectivity index (χ0v) is 15.4. The Labute approximate surface area is 152 Å². The Hall–Kier alpha value is -1.69. The number of nitrogens with zero attached hydrogens (tertiary/aromatic N) is 1. The highest BCUT2D eigenvalue weighted by atomic mass is 79.9. The van der Waals surface area contributed by atoms with Crippen molar-refractivity contribution in [2.24, 2.45) is 0 Å². The number of thiophene rings is 1. The van der Waals surface area contributed by atoms with Crippen LogP contribution in [0.15, 0.2) is 47.1 Å². The molecular weight excluding hydrogens is 382 g/mol. The summed E-state index contributed by atoms with van der Waals surface area (Å²) in [7, 11) is 0. The number of H-pyrrole nitrogens is 1. The summed E-state index contributed by atoms with van der Waals surface area (Å²) >= 11 is 5.40. The van der Waals surface area contributed by atoms with Crippen LogP contribution in [0.25, 0.3) is 31.4 Å². The van der Waals surface area contributed by atoms with Gasteiger partial charge in [-0.1, -0.05) is 34.1 Å². The number of benzene rings is 2. The second-order valence-electron chi connectivity index (χ2n) is 6.28. The van der Waals surface area contributed by atoms with Crippen LogP contribution in [0.1, 0.15) is 24.7 Å². The third kappa shape index (κ3) is 2.39. The second-order valence-corrected chi connectivity index (χ2v) is 8.28. The Morgan fingerprint density at radius 3 is 2.75 bits per heavy atom. The summed E-state index contributed by atoms with van der Waals surface area (Å²) < 4.78 is 3.76. The number of fused-ring (bicyclic) bond motifs is 3. The number of rotatable bonds is 2. The van der Waals surface area contributed by atoms with Gasteiger partial charge < -0.3 is 10.3 Å². The van der Waals surface area contributed by atoms with E-state index in [2.05, 4.69) is 67.6 Å². The van der Waals surface area contributed by atoms with E-state index in [9.17, 15) is 0 Å². The third-order valence-corrected chi connectivity index (χ3v) is 6.34. The summed E-state index contributed by atoms with van der Waals surface area (Å²) in [6.07, 6.45) is 4.35. The van der Waals surface area contributed by atoms with Crippen LogP contribution in [0.3, 0.4) is 0 Å². The van der Waals surface area contributed by atoms with Crippen LogP contribution in [0.4, 0.5) is 0 Å². The maximum Gasteiger partial charge on any atom is 0.123 e. The van der Waals surface area contributed by atoms with Crippen molar-refractivity contribution in [3.05, 3.63) is 52.9 Å². The van der Waals surface area contributed by atoms with Crippen molar-refractivity contribution in [2.45, 2.75) is 18.9 Å². The number of imidazole rings is 1. The second kappa shape index (κ2) is 5.69. The van der Waals surface area contributed by atoms with E-state index in [4.69, 9.17) is 0 Å². The van der Waals surface area contributed by atoms with E-state index in [-0.39, 0.29) is 0 Å². The van der Waals surface area contributed by atoms with E-state index >= 15 is 0 Å². The molecule has 0 radical (unpaired) electrons. The molecule has 24 heavy (non-hydrogen) atoms. The van der Waals surface area contributed by atoms with Crippen molar-refractivity contribution in [1.82, 2.24) is 15.3 Å². The van der Waals surface area contributed by atoms with Gasteiger partial charge in [-0.15, -0.1) is 11.3 Å². The number of hydrogen-bond acceptors (Lipinski definition) is 3. The van der Waals surface area contributed by atoms with Crippen LogP contribution >= 0.6 is 27.3 Å². The first kappa shape index (κ1) is 14.6. The molecule has 3 nitrogen and oxygen atoms in total. The van der Waals surface area contributed by atoms with Gasteiger partial charge in [-0.2, -0.15) is 0 Å². The van der Waals surface area contributed by atoms with Gasteiger partial charge in [-0.25, -0.2) is 4.98 Å². The zero-order chi connectivity index (χ0) is 16.1. The number of aromatic amines is 1. The van der Waals surface area contributed by atoms with Crippen LogP contribution in [0.2, 0.25) is 0 Å². The molecule has 2 N–H and O–H groups in total. The van der Waals surface area contributed by atoms with Crippen molar-refractivity contribution < 1.29 is 0 Å². The zero-order valence-electron chi connectivity index (χ0n) is 13.0. The average Bonchev–Trinajstić information content (AvgIpc) is 3.32. The number of halogens is 1. The normalized spacial score (nSPS) is 18.0. The van der Waals surface area contributed by atoms with Gasteiger partial charge in [0.05, 0.1) is 17.9 Å². The summed E-state index contributed by atoms with van der Waals surface area (Å²) in [6, 6.07) is 13.6. The summed E-state index contributed by atoms with van der Waals surface area (Å²) in [4.78, 5) is 8.09. The van der Waals surface area contributed by atoms with Gasteiger partial charge >= 0.3 is 0 Å². The third-order valence-electron chi connectivity index (χ3n) is 4.73. The number of hydrogen-bond donors (Lipinski definition) is 2. The Balaban J connectivity index is 1.58. The molecule has 1 fully saturated rings. The first-order valence-electron chi connectivity index (χ1n) is 8.18. The highest BCUT2D eigenvalue weighted by Crippen LogP contribution is 2.37. The van der Waals surface area contributed by atoms with Gasteiger partial charge in [-0.3, -0.25) is 0 Å². The molecule has 5 rings (SSSR count). The summed E-state index contributed by atoms with van der Waals surface area (Å²) in [5, 5.41) is 6.14. The van der Waals surface area contributed by atoms with Crippen molar-refractivity contribution in [2.75, 3.05) is 6.54 Å². The largest absolute Gasteiger partial charge is 0.341 e. The molecular formula is C19H16BrN3S. The smallest absolute Gasteiger partial charge is 0.123 e. The molecule has 1 unspecified atom stereocenters. The number of aromatic nitrogens is 2. The van der Waals surface area contributed by atoms with E-state index in [0.29, 0.717) is 6.04 Å². The minimum absolute atomic E-state index is 0.379. The van der Waals surface area contributed by atoms with E-state index < -0.39 is 0 Å². The quantitative estimate of drug-likeness (QED) is 0.459. The van der Waals surface area contributed by atoms with E-state index in [1.807, 2.05) is 17.5 Å². The van der Waals surface area contributed by atoms with E-state index in [0.717, 1.165) is 29.0 Å². The summed E-state index contributed by atoms with van der Waals surface area (Å²) in [5.74, 6) is 1.06. The fourth-order valence-electron chi connectivity index (χ4n) is 3.50. The summed E-state index contributed by atoms with van der Waals surface area (Å²) in [5.41, 5.74) is 2.30. The molecule has 1 aliphatic rings. The van der Waals surface area contributed by atoms with Crippen LogP contribution in [-0.4, -0.2) is 16.5 Å². The number of nitrogens with one attached hydrogen (secondary N) is 2. The lowest BCUT2D eigenvalue weighted by Gasteiger charge is -2.05. The van der Waals surface area contributed by atoms with Crippen LogP contribution < -0.4 is 5.32 Å². The Morgan fingerprint density at radius 1 is 1.08 bits per heavy atom. The maximum atomic E-state index is 4.59. The molecule has 0 saturated carbocycles. The summed E-state index contributed by atoms with van der Waals surface area (Å²) in [6.45, 7) is 1.09. The van der Waals surface area contributed by atoms with Crippen LogP contribution in [0.5, 0.6) is 0 Å². The van der Waals surface area contributed by atoms with Gasteiger partial charge in [0.2, 0.25) is 0 Å². The van der Waals surface area contributed by atoms with Crippen molar-refractivity contribution >= 4 is 47.4 Å². The lowest BCUT2D eigenvalue weighted by Crippen LogP contribution is -2.14. The Bertz CT molecular complexity index is 1040. The SMILES string of the molecule is Brc1ccc2c(c1)sc1cc(-c3cnc(C4CCCN4)[nH]3)ccc12. The van der Waals surface area contributed by atoms with Crippen molar-refractivity contribution in [1.29, 1.82) is 0 Å². The van der Waals surface area contributed by atoms with E-state index in [1.165, 1.54) is 32.2 Å². The average molecular weight is 398 g/mol. The van der Waals surface area contributed by atoms with Gasteiger partial charge in [0.1, 0.15) is 5.82 Å². The molecule has 0 amide bonds. The minimum Gasteiger partial charge on any atom is -0.341 e. The molecule has 0 bridgehead atoms. The first-order chi connectivity index (χ1) is 11.8. The van der Waals surface area contributed by atoms with Gasteiger partial charge in [0, 0.05) is 30.2 Å². The molecule has 5 heteroatoms. The highest BCUT2D eigenvalue weighted by molar-refractivity contribution is 9.10. The lowest BCUT2D eigenvalue weighted by molar-refractivity contribution is 0.613. The van der Waals surface area contributed by atoms with Gasteiger partial charge in [0.25, 0.3) is 0 Å². The molecule has 2 aromatic heterocycles. The van der Waals surface area contributed by atoms with Gasteiger partial charge in [0.15, 0.2) is 0 Å². The monoisotopic (exact) mass is 397 g/mol. The molecule has 0 aliphatic carbocycles. The predicted molar refractivity (Wildman–Crippen MR) is 105 cm³/mol. The van der Waals surface area contributed by atoms with E-state index in [1.54, 1.807) is 0 Å². The Kier molecular flexibility index (Phi) is 3.47. The van der Waals surface area contributed by atoms with Crippen LogP contribution in [0, 0.1) is 0 Å². The van der Waals surface area contributed by atoms with Crippen molar-refractivity contribution in [3.8, 4) is 11.3 Å². The predicted octanol–water partition coefficient (Wildman–Crippen LogP) is 5.63. The van der Waals surface area contributed by atoms with Crippen molar-refractivity contribution in [3.63, 3.8) is 0 Å². The van der Waals surface area contributed by atoms with Gasteiger partial charge in [-0.05, 0) is 37.6 Å². The standard InChI is InChI=1S/C19H16BrN3S/c20-12-4-6-14-13-5-3-11(8-17(13)24-18(14)9-12)16-10-22-19(23-16)15-2-1-7-21-15/h3-6,8-10,15,21H,1-2,7H2,(H,22,23). The molecule has 120 valence electrons. The minimum atomic E-state index is 0.379. The first-order valence-corrected chi connectivity index (χ1v) is 9.79. The molecule has 1 aliphatic heterocycles. The fourth-order valence-corrected chi connectivity index (χ4v) is 5.19. The fraction of sp³-hybridized carbons (Fsp3) is 0.211. The molecule has 1 atom stereocenters. The Morgan fingerprint density at radius 2 is 1.92 bits per heavy atom. The highest BCUT2D eigenvalue weighted by Gasteiger charge is 2.19. The maximum absolute atomic E-state index is 4.59. The molecule has 4 aromatic rings. The molecule has 1 saturated heterocycles. The topological polar surface area (TPSA) is 40.7 Å². The molecule has 2 aromatic carbocycles. The lowest BCUT2D eigenvalue weighted by atomic mass is 10.1.